The van der Waals surface area contributed by atoms with Gasteiger partial charge >= 0.3 is 11.9 Å². The van der Waals surface area contributed by atoms with Crippen LogP contribution < -0.4 is 4.90 Å². The minimum absolute atomic E-state index is 0.0337. The van der Waals surface area contributed by atoms with E-state index in [2.05, 4.69) is 11.1 Å². The topological polar surface area (TPSA) is 104 Å². The van der Waals surface area contributed by atoms with E-state index in [1.165, 1.54) is 12.1 Å². The fourth-order valence-corrected chi connectivity index (χ4v) is 4.27. The number of halogens is 2. The molecule has 0 atom stereocenters. The van der Waals surface area contributed by atoms with Crippen LogP contribution in [-0.4, -0.2) is 41.7 Å². The Kier molecular flexibility index (Phi) is 6.09. The van der Waals surface area contributed by atoms with E-state index in [1.807, 2.05) is 4.90 Å². The minimum atomic E-state index is -2.88. The highest BCUT2D eigenvalue weighted by atomic mass is 19.3. The van der Waals surface area contributed by atoms with Gasteiger partial charge in [-0.15, -0.1) is 0 Å². The van der Waals surface area contributed by atoms with Crippen LogP contribution in [0.1, 0.15) is 47.7 Å². The molecule has 0 aliphatic carbocycles. The number of alkyl halides is 2. The molecule has 1 saturated heterocycles. The smallest absolute Gasteiger partial charge is 0.340 e. The van der Waals surface area contributed by atoms with E-state index in [0.717, 1.165) is 0 Å². The Morgan fingerprint density at radius 3 is 2.58 bits per heavy atom. The van der Waals surface area contributed by atoms with Crippen molar-refractivity contribution in [3.63, 3.8) is 0 Å². The van der Waals surface area contributed by atoms with Gasteiger partial charge in [0.2, 0.25) is 0 Å². The molecule has 0 spiro atoms. The van der Waals surface area contributed by atoms with Crippen molar-refractivity contribution in [2.45, 2.75) is 26.2 Å². The van der Waals surface area contributed by atoms with E-state index < -0.39 is 29.8 Å². The van der Waals surface area contributed by atoms with Gasteiger partial charge in [0.1, 0.15) is 6.07 Å². The Hall–Kier alpha value is -3.80. The molecule has 0 saturated carbocycles. The third-order valence-electron chi connectivity index (χ3n) is 5.95. The first-order chi connectivity index (χ1) is 15.8. The Bertz CT molecular complexity index is 1290. The summed E-state index contributed by atoms with van der Waals surface area (Å²) >= 11 is 0. The Morgan fingerprint density at radius 1 is 1.24 bits per heavy atom. The van der Waals surface area contributed by atoms with Crippen LogP contribution in [0.5, 0.6) is 0 Å². The number of hydrogen-bond acceptors (Lipinski definition) is 6. The quantitative estimate of drug-likeness (QED) is 0.442. The van der Waals surface area contributed by atoms with Crippen LogP contribution in [0.15, 0.2) is 30.3 Å². The van der Waals surface area contributed by atoms with Crippen molar-refractivity contribution in [1.29, 1.82) is 5.26 Å². The van der Waals surface area contributed by atoms with Crippen LogP contribution in [0.2, 0.25) is 0 Å². The number of carboxylic acids is 1. The molecule has 2 heterocycles. The maximum absolute atomic E-state index is 13.6. The van der Waals surface area contributed by atoms with Crippen LogP contribution in [-0.2, 0) is 9.53 Å². The van der Waals surface area contributed by atoms with Gasteiger partial charge in [-0.2, -0.15) is 5.26 Å². The number of nitrogens with zero attached hydrogens (tertiary/aromatic N) is 3. The van der Waals surface area contributed by atoms with Gasteiger partial charge in [-0.25, -0.2) is 18.6 Å². The molecule has 0 bridgehead atoms. The third kappa shape index (κ3) is 4.16. The molecule has 4 rings (SSSR count). The molecule has 0 amide bonds. The number of carbonyl (C=O) groups excluding carboxylic acids is 1. The number of carboxylic acid groups (broad SMARTS) is 1. The van der Waals surface area contributed by atoms with Crippen LogP contribution in [0.4, 0.5) is 14.5 Å². The molecule has 0 radical (unpaired) electrons. The maximum Gasteiger partial charge on any atom is 0.340 e. The second-order valence-electron chi connectivity index (χ2n) is 7.88. The molecule has 1 aliphatic rings. The lowest BCUT2D eigenvalue weighted by Crippen LogP contribution is -2.36. The maximum atomic E-state index is 13.6. The average molecular weight is 453 g/mol. The first kappa shape index (κ1) is 22.4. The van der Waals surface area contributed by atoms with Crippen molar-refractivity contribution in [1.82, 2.24) is 4.98 Å². The highest BCUT2D eigenvalue weighted by Crippen LogP contribution is 2.34. The summed E-state index contributed by atoms with van der Waals surface area (Å²) in [6, 6.07) is 9.94. The normalized spacial score (nSPS) is 14.6. The molecule has 9 heteroatoms. The molecule has 3 aromatic rings. The SMILES string of the molecule is CCOC(=O)c1c(C(F)F)ccc2cc3cc(N4CCC(C(=O)O)CC4)c(C#N)cc3nc12. The third-order valence-corrected chi connectivity index (χ3v) is 5.95. The molecular formula is C24H21F2N3O4. The van der Waals surface area contributed by atoms with Gasteiger partial charge in [0.05, 0.1) is 40.4 Å². The average Bonchev–Trinajstić information content (AvgIpc) is 2.81. The fraction of sp³-hybridized carbons (Fsp3) is 0.333. The summed E-state index contributed by atoms with van der Waals surface area (Å²) in [5, 5.41) is 20.1. The molecule has 1 aromatic heterocycles. The highest BCUT2D eigenvalue weighted by Gasteiger charge is 2.27. The summed E-state index contributed by atoms with van der Waals surface area (Å²) in [5.41, 5.74) is 0.768. The Morgan fingerprint density at radius 2 is 1.97 bits per heavy atom. The second kappa shape index (κ2) is 8.98. The molecule has 170 valence electrons. The van der Waals surface area contributed by atoms with Crippen molar-refractivity contribution in [3.8, 4) is 6.07 Å². The van der Waals surface area contributed by atoms with Gasteiger partial charge in [0.15, 0.2) is 0 Å². The van der Waals surface area contributed by atoms with Crippen molar-refractivity contribution in [2.24, 2.45) is 5.92 Å². The van der Waals surface area contributed by atoms with E-state index in [0.29, 0.717) is 53.5 Å². The lowest BCUT2D eigenvalue weighted by Gasteiger charge is -2.32. The van der Waals surface area contributed by atoms with Crippen LogP contribution >= 0.6 is 0 Å². The van der Waals surface area contributed by atoms with E-state index in [9.17, 15) is 28.7 Å². The van der Waals surface area contributed by atoms with E-state index in [-0.39, 0.29) is 17.7 Å². The van der Waals surface area contributed by atoms with Gasteiger partial charge in [0, 0.05) is 29.4 Å². The number of rotatable bonds is 5. The standard InChI is InChI=1S/C24H21F2N3O4/c1-2-33-24(32)20-17(22(25)26)4-3-14-9-15-11-19(16(12-27)10-18(15)28-21(14)20)29-7-5-13(6-8-29)23(30)31/h3-4,9-11,13,22H,2,5-8H2,1H3,(H,30,31). The molecular weight excluding hydrogens is 432 g/mol. The number of hydrogen-bond donors (Lipinski definition) is 1. The van der Waals surface area contributed by atoms with Crippen LogP contribution in [0.3, 0.4) is 0 Å². The number of ether oxygens (including phenoxy) is 1. The Balaban J connectivity index is 1.84. The van der Waals surface area contributed by atoms with Crippen molar-refractivity contribution in [3.05, 3.63) is 47.0 Å². The number of aromatic nitrogens is 1. The monoisotopic (exact) mass is 453 g/mol. The van der Waals surface area contributed by atoms with Crippen LogP contribution in [0, 0.1) is 17.2 Å². The van der Waals surface area contributed by atoms with E-state index in [1.54, 1.807) is 25.1 Å². The summed E-state index contributed by atoms with van der Waals surface area (Å²) in [7, 11) is 0. The predicted molar refractivity (Wildman–Crippen MR) is 117 cm³/mol. The fourth-order valence-electron chi connectivity index (χ4n) is 4.27. The number of fused-ring (bicyclic) bond motifs is 2. The van der Waals surface area contributed by atoms with Crippen molar-refractivity contribution in [2.75, 3.05) is 24.6 Å². The number of benzene rings is 2. The zero-order valence-electron chi connectivity index (χ0n) is 17.8. The van der Waals surface area contributed by atoms with Gasteiger partial charge in [0.25, 0.3) is 6.43 Å². The van der Waals surface area contributed by atoms with Gasteiger partial charge in [-0.1, -0.05) is 12.1 Å². The highest BCUT2D eigenvalue weighted by molar-refractivity contribution is 6.07. The zero-order valence-corrected chi connectivity index (χ0v) is 17.8. The summed E-state index contributed by atoms with van der Waals surface area (Å²) in [6.07, 6.45) is -1.92. The van der Waals surface area contributed by atoms with E-state index >= 15 is 0 Å². The first-order valence-corrected chi connectivity index (χ1v) is 10.6. The van der Waals surface area contributed by atoms with Crippen LogP contribution in [0.25, 0.3) is 21.8 Å². The number of carbonyl (C=O) groups is 2. The lowest BCUT2D eigenvalue weighted by atomic mass is 9.95. The summed E-state index contributed by atoms with van der Waals surface area (Å²) < 4.78 is 32.2. The van der Waals surface area contributed by atoms with Crippen molar-refractivity contribution < 1.29 is 28.2 Å². The Labute approximate surface area is 188 Å². The molecule has 0 unspecified atom stereocenters. The molecule has 7 nitrogen and oxygen atoms in total. The van der Waals surface area contributed by atoms with Gasteiger partial charge in [-0.05, 0) is 38.0 Å². The molecule has 33 heavy (non-hydrogen) atoms. The lowest BCUT2D eigenvalue weighted by molar-refractivity contribution is -0.142. The second-order valence-corrected chi connectivity index (χ2v) is 7.88. The first-order valence-electron chi connectivity index (χ1n) is 10.6. The molecule has 1 N–H and O–H groups in total. The van der Waals surface area contributed by atoms with E-state index in [4.69, 9.17) is 4.74 Å². The number of aliphatic carboxylic acids is 1. The van der Waals surface area contributed by atoms with Gasteiger partial charge in [-0.3, -0.25) is 4.79 Å². The number of pyridine rings is 1. The zero-order chi connectivity index (χ0) is 23.7. The molecule has 2 aromatic carbocycles. The number of piperidine rings is 1. The summed E-state index contributed by atoms with van der Waals surface area (Å²) in [5.74, 6) is -2.09. The predicted octanol–water partition coefficient (Wildman–Crippen LogP) is 4.67. The molecule has 1 fully saturated rings. The minimum Gasteiger partial charge on any atom is -0.481 e. The largest absolute Gasteiger partial charge is 0.481 e. The number of esters is 1. The van der Waals surface area contributed by atoms with Gasteiger partial charge < -0.3 is 14.7 Å². The number of nitriles is 1. The van der Waals surface area contributed by atoms with Crippen molar-refractivity contribution >= 4 is 39.4 Å². The summed E-state index contributed by atoms with van der Waals surface area (Å²) in [4.78, 5) is 30.2. The number of anilines is 1. The molecule has 1 aliphatic heterocycles. The summed E-state index contributed by atoms with van der Waals surface area (Å²) in [6.45, 7) is 2.63.